The van der Waals surface area contributed by atoms with Crippen molar-refractivity contribution in [2.24, 2.45) is 0 Å². The van der Waals surface area contributed by atoms with Gasteiger partial charge in [0.25, 0.3) is 0 Å². The number of nitrogens with zero attached hydrogens (tertiary/aromatic N) is 2. The second-order valence-corrected chi connectivity index (χ2v) is 6.73. The molecule has 0 spiro atoms. The SMILES string of the molecule is CSc1cccc(N2CCc3sccc3C2C)c1C#N. The van der Waals surface area contributed by atoms with E-state index in [1.807, 2.05) is 23.7 Å². The minimum absolute atomic E-state index is 0.342. The molecule has 2 nitrogen and oxygen atoms in total. The summed E-state index contributed by atoms with van der Waals surface area (Å²) in [6.07, 6.45) is 3.10. The fourth-order valence-electron chi connectivity index (χ4n) is 2.88. The van der Waals surface area contributed by atoms with Gasteiger partial charge in [0.2, 0.25) is 0 Å². The molecule has 0 saturated carbocycles. The Labute approximate surface area is 128 Å². The average Bonchev–Trinajstić information content (AvgIpc) is 2.96. The molecule has 2 heterocycles. The lowest BCUT2D eigenvalue weighted by molar-refractivity contribution is 0.631. The van der Waals surface area contributed by atoms with Gasteiger partial charge < -0.3 is 4.90 Å². The highest BCUT2D eigenvalue weighted by molar-refractivity contribution is 7.98. The minimum atomic E-state index is 0.342. The third-order valence-corrected chi connectivity index (χ3v) is 5.70. The summed E-state index contributed by atoms with van der Waals surface area (Å²) >= 11 is 3.49. The van der Waals surface area contributed by atoms with Crippen molar-refractivity contribution in [1.29, 1.82) is 5.26 Å². The van der Waals surface area contributed by atoms with Gasteiger partial charge in [0.05, 0.1) is 17.3 Å². The number of anilines is 1. The molecule has 1 aliphatic heterocycles. The van der Waals surface area contributed by atoms with Crippen molar-refractivity contribution < 1.29 is 0 Å². The van der Waals surface area contributed by atoms with Gasteiger partial charge in [0.15, 0.2) is 0 Å². The Morgan fingerprint density at radius 2 is 2.25 bits per heavy atom. The van der Waals surface area contributed by atoms with E-state index >= 15 is 0 Å². The monoisotopic (exact) mass is 300 g/mol. The number of hydrogen-bond acceptors (Lipinski definition) is 4. The van der Waals surface area contributed by atoms with Crippen LogP contribution in [-0.4, -0.2) is 12.8 Å². The number of fused-ring (bicyclic) bond motifs is 1. The van der Waals surface area contributed by atoms with E-state index in [0.29, 0.717) is 6.04 Å². The van der Waals surface area contributed by atoms with Gasteiger partial charge in [0, 0.05) is 16.3 Å². The van der Waals surface area contributed by atoms with Gasteiger partial charge in [-0.15, -0.1) is 23.1 Å². The fraction of sp³-hybridized carbons (Fsp3) is 0.312. The highest BCUT2D eigenvalue weighted by atomic mass is 32.2. The van der Waals surface area contributed by atoms with Crippen LogP contribution < -0.4 is 4.90 Å². The number of thiophene rings is 1. The van der Waals surface area contributed by atoms with Crippen LogP contribution in [0.2, 0.25) is 0 Å². The lowest BCUT2D eigenvalue weighted by Gasteiger charge is -2.36. The molecule has 3 rings (SSSR count). The zero-order chi connectivity index (χ0) is 14.1. The van der Waals surface area contributed by atoms with Crippen molar-refractivity contribution >= 4 is 28.8 Å². The lowest BCUT2D eigenvalue weighted by atomic mass is 9.99. The molecule has 1 aliphatic rings. The molecule has 1 atom stereocenters. The first-order valence-electron chi connectivity index (χ1n) is 6.66. The van der Waals surface area contributed by atoms with Crippen LogP contribution >= 0.6 is 23.1 Å². The molecule has 1 unspecified atom stereocenters. The van der Waals surface area contributed by atoms with Crippen LogP contribution in [0.15, 0.2) is 34.5 Å². The Morgan fingerprint density at radius 3 is 3.00 bits per heavy atom. The maximum Gasteiger partial charge on any atom is 0.103 e. The summed E-state index contributed by atoms with van der Waals surface area (Å²) in [5.74, 6) is 0. The van der Waals surface area contributed by atoms with Gasteiger partial charge in [0.1, 0.15) is 6.07 Å². The first kappa shape index (κ1) is 13.5. The Bertz CT molecular complexity index is 669. The topological polar surface area (TPSA) is 27.0 Å². The van der Waals surface area contributed by atoms with Gasteiger partial charge in [-0.1, -0.05) is 6.07 Å². The molecule has 102 valence electrons. The minimum Gasteiger partial charge on any atom is -0.363 e. The van der Waals surface area contributed by atoms with Crippen molar-refractivity contribution in [2.75, 3.05) is 17.7 Å². The molecule has 0 saturated heterocycles. The molecule has 0 fully saturated rings. The first-order chi connectivity index (χ1) is 9.76. The summed E-state index contributed by atoms with van der Waals surface area (Å²) in [7, 11) is 0. The summed E-state index contributed by atoms with van der Waals surface area (Å²) < 4.78 is 0. The lowest BCUT2D eigenvalue weighted by Crippen LogP contribution is -2.33. The first-order valence-corrected chi connectivity index (χ1v) is 8.76. The van der Waals surface area contributed by atoms with Crippen LogP contribution in [0.25, 0.3) is 0 Å². The second kappa shape index (κ2) is 5.51. The van der Waals surface area contributed by atoms with Crippen LogP contribution in [-0.2, 0) is 6.42 Å². The zero-order valence-electron chi connectivity index (χ0n) is 11.6. The number of hydrogen-bond donors (Lipinski definition) is 0. The van der Waals surface area contributed by atoms with E-state index in [1.165, 1.54) is 10.4 Å². The summed E-state index contributed by atoms with van der Waals surface area (Å²) in [5.41, 5.74) is 3.30. The molecule has 1 aromatic heterocycles. The number of nitriles is 1. The summed E-state index contributed by atoms with van der Waals surface area (Å²) in [6, 6.07) is 11.1. The maximum atomic E-state index is 9.51. The van der Waals surface area contributed by atoms with Gasteiger partial charge in [-0.05, 0) is 48.7 Å². The molecule has 4 heteroatoms. The van der Waals surface area contributed by atoms with Crippen molar-refractivity contribution in [3.05, 3.63) is 45.6 Å². The molecule has 1 aromatic carbocycles. The third-order valence-electron chi connectivity index (χ3n) is 3.92. The van der Waals surface area contributed by atoms with Crippen molar-refractivity contribution in [2.45, 2.75) is 24.3 Å². The second-order valence-electron chi connectivity index (χ2n) is 4.88. The van der Waals surface area contributed by atoms with Crippen molar-refractivity contribution in [3.63, 3.8) is 0 Å². The van der Waals surface area contributed by atoms with Crippen LogP contribution in [0.4, 0.5) is 5.69 Å². The summed E-state index contributed by atoms with van der Waals surface area (Å²) in [4.78, 5) is 4.93. The van der Waals surface area contributed by atoms with Crippen LogP contribution in [0.3, 0.4) is 0 Å². The molecular formula is C16H16N2S2. The third kappa shape index (κ3) is 2.11. The molecular weight excluding hydrogens is 284 g/mol. The number of rotatable bonds is 2. The van der Waals surface area contributed by atoms with E-state index < -0.39 is 0 Å². The van der Waals surface area contributed by atoms with Gasteiger partial charge in [-0.2, -0.15) is 5.26 Å². The van der Waals surface area contributed by atoms with Crippen molar-refractivity contribution in [1.82, 2.24) is 0 Å². The Kier molecular flexibility index (Phi) is 3.73. The number of thioether (sulfide) groups is 1. The van der Waals surface area contributed by atoms with Crippen LogP contribution in [0.5, 0.6) is 0 Å². The van der Waals surface area contributed by atoms with E-state index in [-0.39, 0.29) is 0 Å². The fourth-order valence-corrected chi connectivity index (χ4v) is 4.41. The Hall–Kier alpha value is -1.44. The highest BCUT2D eigenvalue weighted by Gasteiger charge is 2.26. The standard InChI is InChI=1S/C16H16N2S2/c1-11-12-7-9-20-16(12)6-8-18(11)14-4-3-5-15(19-2)13(14)10-17/h3-5,7,9,11H,6,8H2,1-2H3. The predicted octanol–water partition coefficient (Wildman–Crippen LogP) is 4.47. The molecule has 0 radical (unpaired) electrons. The molecule has 0 amide bonds. The summed E-state index contributed by atoms with van der Waals surface area (Å²) in [5, 5.41) is 11.7. The van der Waals surface area contributed by atoms with E-state index in [2.05, 4.69) is 41.5 Å². The van der Waals surface area contributed by atoms with E-state index in [4.69, 9.17) is 0 Å². The summed E-state index contributed by atoms with van der Waals surface area (Å²) in [6.45, 7) is 3.22. The zero-order valence-corrected chi connectivity index (χ0v) is 13.2. The Morgan fingerprint density at radius 1 is 1.40 bits per heavy atom. The van der Waals surface area contributed by atoms with Gasteiger partial charge in [-0.25, -0.2) is 0 Å². The average molecular weight is 300 g/mol. The molecule has 0 aliphatic carbocycles. The van der Waals surface area contributed by atoms with Gasteiger partial charge >= 0.3 is 0 Å². The smallest absolute Gasteiger partial charge is 0.103 e. The normalized spacial score (nSPS) is 17.6. The van der Waals surface area contributed by atoms with E-state index in [0.717, 1.165) is 29.1 Å². The van der Waals surface area contributed by atoms with Crippen LogP contribution in [0, 0.1) is 11.3 Å². The largest absolute Gasteiger partial charge is 0.363 e. The molecule has 20 heavy (non-hydrogen) atoms. The van der Waals surface area contributed by atoms with Crippen molar-refractivity contribution in [3.8, 4) is 6.07 Å². The van der Waals surface area contributed by atoms with Crippen LogP contribution in [0.1, 0.15) is 29.0 Å². The molecule has 0 bridgehead atoms. The number of benzene rings is 1. The highest BCUT2D eigenvalue weighted by Crippen LogP contribution is 2.38. The van der Waals surface area contributed by atoms with E-state index in [1.54, 1.807) is 11.8 Å². The van der Waals surface area contributed by atoms with E-state index in [9.17, 15) is 5.26 Å². The molecule has 0 N–H and O–H groups in total. The molecule has 2 aromatic rings. The maximum absolute atomic E-state index is 9.51. The quantitative estimate of drug-likeness (QED) is 0.766. The Balaban J connectivity index is 2.05. The predicted molar refractivity (Wildman–Crippen MR) is 86.7 cm³/mol. The van der Waals surface area contributed by atoms with Gasteiger partial charge in [-0.3, -0.25) is 0 Å².